The number of carbonyl (C=O) groups excluding carboxylic acids is 2. The van der Waals surface area contributed by atoms with E-state index in [1.54, 1.807) is 0 Å². The van der Waals surface area contributed by atoms with Crippen LogP contribution in [-0.2, 0) is 28.7 Å². The second-order valence-corrected chi connectivity index (χ2v) is 6.55. The maximum atomic E-state index is 12.0. The Balaban J connectivity index is 0.00000316. The highest BCUT2D eigenvalue weighted by atomic mass is 16.6. The number of hydrogen-bond donors (Lipinski definition) is 6. The second-order valence-electron chi connectivity index (χ2n) is 6.55. The predicted molar refractivity (Wildman–Crippen MR) is 124 cm³/mol. The van der Waals surface area contributed by atoms with Gasteiger partial charge >= 0.3 is 23.9 Å². The number of esters is 2. The lowest BCUT2D eigenvalue weighted by Crippen LogP contribution is -2.45. The number of phenolic OH excluding ortho intramolecular Hbond substituents is 4. The van der Waals surface area contributed by atoms with E-state index >= 15 is 0 Å². The molecular formula is C24H24O12. The summed E-state index contributed by atoms with van der Waals surface area (Å²) in [5.41, 5.74) is 0.455. The Morgan fingerprint density at radius 2 is 0.972 bits per heavy atom. The van der Waals surface area contributed by atoms with Crippen molar-refractivity contribution in [2.45, 2.75) is 26.1 Å². The Bertz CT molecular complexity index is 1070. The van der Waals surface area contributed by atoms with Gasteiger partial charge in [-0.15, -0.1) is 0 Å². The molecule has 0 aromatic heterocycles. The Labute approximate surface area is 204 Å². The van der Waals surface area contributed by atoms with Crippen LogP contribution in [0.1, 0.15) is 25.0 Å². The molecule has 0 amide bonds. The van der Waals surface area contributed by atoms with Crippen LogP contribution in [0.3, 0.4) is 0 Å². The number of rotatable bonds is 9. The van der Waals surface area contributed by atoms with E-state index < -0.39 is 59.1 Å². The Morgan fingerprint density at radius 1 is 0.639 bits per heavy atom. The lowest BCUT2D eigenvalue weighted by Gasteiger charge is -2.19. The van der Waals surface area contributed by atoms with Crippen molar-refractivity contribution in [3.63, 3.8) is 0 Å². The Morgan fingerprint density at radius 3 is 1.25 bits per heavy atom. The van der Waals surface area contributed by atoms with Crippen LogP contribution >= 0.6 is 0 Å². The number of carboxylic acids is 2. The van der Waals surface area contributed by atoms with Gasteiger partial charge in [-0.05, 0) is 47.5 Å². The van der Waals surface area contributed by atoms with Gasteiger partial charge in [0.1, 0.15) is 0 Å². The van der Waals surface area contributed by atoms with Crippen LogP contribution in [0.2, 0.25) is 0 Å². The molecule has 6 N–H and O–H groups in total. The molecule has 0 radical (unpaired) electrons. The van der Waals surface area contributed by atoms with Gasteiger partial charge in [-0.2, -0.15) is 0 Å². The van der Waals surface area contributed by atoms with Gasteiger partial charge in [0.25, 0.3) is 0 Å². The fraction of sp³-hybridized carbons (Fsp3) is 0.167. The zero-order chi connectivity index (χ0) is 27.4. The molecule has 0 spiro atoms. The van der Waals surface area contributed by atoms with E-state index in [4.69, 9.17) is 0 Å². The van der Waals surface area contributed by atoms with E-state index in [0.29, 0.717) is 0 Å². The van der Waals surface area contributed by atoms with Crippen LogP contribution in [0.25, 0.3) is 12.2 Å². The standard InChI is InChI=1S/C22H18O12.C2H6/c23-13-5-1-11(9-15(13)25)3-7-17(27)33-19(21(29)30)20(22(31)32)34-18(28)8-4-12-2-6-14(24)16(26)10-12;1-2/h1-10,19-20,23-26H,(H,29,30)(H,31,32);1-2H3/b7-3+,8-4+;. The highest BCUT2D eigenvalue weighted by Crippen LogP contribution is 2.26. The fourth-order valence-corrected chi connectivity index (χ4v) is 2.43. The number of carbonyl (C=O) groups is 4. The van der Waals surface area contributed by atoms with Crippen LogP contribution in [0.15, 0.2) is 48.6 Å². The van der Waals surface area contributed by atoms with Crippen molar-refractivity contribution in [1.29, 1.82) is 0 Å². The summed E-state index contributed by atoms with van der Waals surface area (Å²) < 4.78 is 9.25. The first kappa shape index (κ1) is 29.0. The molecule has 0 aliphatic rings. The minimum atomic E-state index is -2.40. The lowest BCUT2D eigenvalue weighted by molar-refractivity contribution is -0.183. The van der Waals surface area contributed by atoms with Crippen LogP contribution < -0.4 is 0 Å². The summed E-state index contributed by atoms with van der Waals surface area (Å²) in [4.78, 5) is 46.9. The summed E-state index contributed by atoms with van der Waals surface area (Å²) in [6.45, 7) is 4.00. The SMILES string of the molecule is CC.O=C(/C=C/c1ccc(O)c(O)c1)OC(C(=O)O)C(OC(=O)/C=C/c1ccc(O)c(O)c1)C(=O)O. The molecule has 0 bridgehead atoms. The van der Waals surface area contributed by atoms with Crippen molar-refractivity contribution in [1.82, 2.24) is 0 Å². The van der Waals surface area contributed by atoms with Crippen LogP contribution in [-0.4, -0.2) is 66.7 Å². The van der Waals surface area contributed by atoms with Gasteiger partial charge < -0.3 is 40.1 Å². The van der Waals surface area contributed by atoms with Crippen molar-refractivity contribution < 1.29 is 59.3 Å². The molecule has 2 unspecified atom stereocenters. The zero-order valence-corrected chi connectivity index (χ0v) is 19.1. The summed E-state index contributed by atoms with van der Waals surface area (Å²) in [6, 6.07) is 7.08. The van der Waals surface area contributed by atoms with Gasteiger partial charge in [-0.3, -0.25) is 0 Å². The summed E-state index contributed by atoms with van der Waals surface area (Å²) >= 11 is 0. The number of hydrogen-bond acceptors (Lipinski definition) is 10. The normalized spacial score (nSPS) is 12.3. The number of benzene rings is 2. The molecule has 2 aromatic rings. The van der Waals surface area contributed by atoms with Gasteiger partial charge in [0.05, 0.1) is 0 Å². The first-order chi connectivity index (χ1) is 17.0. The van der Waals surface area contributed by atoms with Gasteiger partial charge in [0, 0.05) is 12.2 Å². The first-order valence-corrected chi connectivity index (χ1v) is 10.2. The van der Waals surface area contributed by atoms with Crippen molar-refractivity contribution in [2.24, 2.45) is 0 Å². The van der Waals surface area contributed by atoms with E-state index in [9.17, 15) is 49.8 Å². The molecule has 0 fully saturated rings. The van der Waals surface area contributed by atoms with E-state index in [-0.39, 0.29) is 11.1 Å². The van der Waals surface area contributed by atoms with Crippen LogP contribution in [0, 0.1) is 0 Å². The van der Waals surface area contributed by atoms with Crippen molar-refractivity contribution in [3.05, 3.63) is 59.7 Å². The fourth-order valence-electron chi connectivity index (χ4n) is 2.43. The molecular weight excluding hydrogens is 480 g/mol. The van der Waals surface area contributed by atoms with Gasteiger partial charge in [0.2, 0.25) is 12.2 Å². The van der Waals surface area contributed by atoms with Gasteiger partial charge in [-0.25, -0.2) is 19.2 Å². The largest absolute Gasteiger partial charge is 0.504 e. The minimum Gasteiger partial charge on any atom is -0.504 e. The smallest absolute Gasteiger partial charge is 0.349 e. The Kier molecular flexibility index (Phi) is 11.0. The zero-order valence-electron chi connectivity index (χ0n) is 19.1. The number of aliphatic carboxylic acids is 2. The third-order valence-corrected chi connectivity index (χ3v) is 4.07. The third kappa shape index (κ3) is 8.74. The molecule has 2 aromatic carbocycles. The summed E-state index contributed by atoms with van der Waals surface area (Å²) in [5.74, 6) is -8.18. The molecule has 0 saturated heterocycles. The number of ether oxygens (including phenoxy) is 2. The monoisotopic (exact) mass is 504 g/mol. The first-order valence-electron chi connectivity index (χ1n) is 10.2. The van der Waals surface area contributed by atoms with E-state index in [1.807, 2.05) is 13.8 Å². The average Bonchev–Trinajstić information content (AvgIpc) is 2.83. The number of carboxylic acid groups (broad SMARTS) is 2. The highest BCUT2D eigenvalue weighted by molar-refractivity contribution is 5.93. The second kappa shape index (κ2) is 13.6. The summed E-state index contributed by atoms with van der Waals surface area (Å²) in [7, 11) is 0. The molecule has 12 heteroatoms. The quantitative estimate of drug-likeness (QED) is 0.165. The average molecular weight is 504 g/mol. The lowest BCUT2D eigenvalue weighted by atomic mass is 10.2. The maximum Gasteiger partial charge on any atom is 0.349 e. The Hall–Kier alpha value is -5.00. The molecule has 0 aliphatic carbocycles. The van der Waals surface area contributed by atoms with E-state index in [1.165, 1.54) is 12.1 Å². The van der Waals surface area contributed by atoms with E-state index in [2.05, 4.69) is 9.47 Å². The van der Waals surface area contributed by atoms with Crippen LogP contribution in [0.5, 0.6) is 23.0 Å². The topological polar surface area (TPSA) is 208 Å². The molecule has 2 rings (SSSR count). The minimum absolute atomic E-state index is 0.228. The number of aromatic hydroxyl groups is 4. The van der Waals surface area contributed by atoms with Crippen molar-refractivity contribution in [2.75, 3.05) is 0 Å². The molecule has 0 aliphatic heterocycles. The van der Waals surface area contributed by atoms with E-state index in [0.717, 1.165) is 48.6 Å². The molecule has 12 nitrogen and oxygen atoms in total. The third-order valence-electron chi connectivity index (χ3n) is 4.07. The van der Waals surface area contributed by atoms with Crippen LogP contribution in [0.4, 0.5) is 0 Å². The molecule has 192 valence electrons. The number of phenols is 4. The molecule has 0 heterocycles. The van der Waals surface area contributed by atoms with Gasteiger partial charge in [-0.1, -0.05) is 26.0 Å². The predicted octanol–water partition coefficient (Wildman–Crippen LogP) is 2.25. The van der Waals surface area contributed by atoms with Gasteiger partial charge in [0.15, 0.2) is 23.0 Å². The maximum absolute atomic E-state index is 12.0. The summed E-state index contributed by atoms with van der Waals surface area (Å²) in [6.07, 6.45) is -1.15. The molecule has 2 atom stereocenters. The molecule has 36 heavy (non-hydrogen) atoms. The summed E-state index contributed by atoms with van der Waals surface area (Å²) in [5, 5.41) is 55.9. The highest BCUT2D eigenvalue weighted by Gasteiger charge is 2.40. The van der Waals surface area contributed by atoms with Crippen molar-refractivity contribution in [3.8, 4) is 23.0 Å². The van der Waals surface area contributed by atoms with Crippen molar-refractivity contribution >= 4 is 36.0 Å². The molecule has 0 saturated carbocycles.